The van der Waals surface area contributed by atoms with Gasteiger partial charge in [-0.2, -0.15) is 0 Å². The van der Waals surface area contributed by atoms with Gasteiger partial charge in [0.25, 0.3) is 0 Å². The fourth-order valence-electron chi connectivity index (χ4n) is 2.15. The highest BCUT2D eigenvalue weighted by atomic mass is 16.3. The molecule has 0 amide bonds. The van der Waals surface area contributed by atoms with Gasteiger partial charge >= 0.3 is 0 Å². The third-order valence-corrected chi connectivity index (χ3v) is 3.23. The molecule has 1 aromatic carbocycles. The monoisotopic (exact) mass is 285 g/mol. The molecule has 0 saturated heterocycles. The quantitative estimate of drug-likeness (QED) is 0.459. The Kier molecular flexibility index (Phi) is 3.11. The number of rotatable bonds is 3. The predicted molar refractivity (Wildman–Crippen MR) is 78.7 cm³/mol. The topological polar surface area (TPSA) is 134 Å². The van der Waals surface area contributed by atoms with Gasteiger partial charge in [0.05, 0.1) is 11.6 Å². The van der Waals surface area contributed by atoms with Crippen LogP contribution in [-0.4, -0.2) is 25.2 Å². The summed E-state index contributed by atoms with van der Waals surface area (Å²) >= 11 is 0. The molecule has 7 N–H and O–H groups in total. The molecule has 2 heterocycles. The first-order valence-electron chi connectivity index (χ1n) is 6.41. The van der Waals surface area contributed by atoms with Crippen molar-refractivity contribution in [1.29, 1.82) is 0 Å². The van der Waals surface area contributed by atoms with Gasteiger partial charge in [-0.25, -0.2) is 9.97 Å². The summed E-state index contributed by atoms with van der Waals surface area (Å²) in [5.41, 5.74) is 13.8. The molecule has 3 aromatic rings. The van der Waals surface area contributed by atoms with Crippen LogP contribution >= 0.6 is 0 Å². The molecule has 0 aliphatic heterocycles. The molecule has 0 spiro atoms. The number of hydrogen-bond donors (Lipinski definition) is 5. The van der Waals surface area contributed by atoms with Crippen molar-refractivity contribution < 1.29 is 10.2 Å². The first kappa shape index (κ1) is 13.2. The molecule has 2 aromatic heterocycles. The van der Waals surface area contributed by atoms with Gasteiger partial charge in [-0.3, -0.25) is 0 Å². The lowest BCUT2D eigenvalue weighted by Gasteiger charge is -2.09. The van der Waals surface area contributed by atoms with Crippen LogP contribution in [0.1, 0.15) is 17.4 Å². The van der Waals surface area contributed by atoms with E-state index in [9.17, 15) is 10.2 Å². The number of nitrogens with two attached hydrogens (primary N) is 2. The molecule has 0 saturated carbocycles. The van der Waals surface area contributed by atoms with E-state index in [2.05, 4.69) is 15.0 Å². The number of nitrogens with one attached hydrogen (secondary N) is 1. The van der Waals surface area contributed by atoms with E-state index in [0.717, 1.165) is 11.1 Å². The number of nitrogen functional groups attached to an aromatic ring is 1. The highest BCUT2D eigenvalue weighted by Crippen LogP contribution is 2.27. The molecule has 7 nitrogen and oxygen atoms in total. The van der Waals surface area contributed by atoms with Crippen LogP contribution < -0.4 is 11.5 Å². The number of pyridine rings is 1. The minimum absolute atomic E-state index is 0.157. The first-order chi connectivity index (χ1) is 10.0. The summed E-state index contributed by atoms with van der Waals surface area (Å²) in [5, 5.41) is 18.8. The third-order valence-electron chi connectivity index (χ3n) is 3.23. The number of imidazole rings is 1. The van der Waals surface area contributed by atoms with Crippen LogP contribution in [0.4, 0.5) is 5.82 Å². The smallest absolute Gasteiger partial charge is 0.179 e. The number of aromatic hydroxyl groups is 2. The molecular formula is C14H15N5O2. The summed E-state index contributed by atoms with van der Waals surface area (Å²) in [5.74, 6) is 0.669. The summed E-state index contributed by atoms with van der Waals surface area (Å²) in [6, 6.07) is 7.71. The second-order valence-corrected chi connectivity index (χ2v) is 4.86. The number of benzene rings is 1. The largest absolute Gasteiger partial charge is 0.504 e. The Morgan fingerprint density at radius 3 is 2.67 bits per heavy atom. The van der Waals surface area contributed by atoms with Crippen molar-refractivity contribution in [3.05, 3.63) is 41.7 Å². The van der Waals surface area contributed by atoms with E-state index in [1.54, 1.807) is 18.2 Å². The number of aromatic amines is 1. The average Bonchev–Trinajstić information content (AvgIpc) is 2.86. The van der Waals surface area contributed by atoms with Crippen molar-refractivity contribution in [3.8, 4) is 11.5 Å². The molecule has 21 heavy (non-hydrogen) atoms. The SMILES string of the molecule is Nc1ccc2[nH]c(C(N)Cc3ccc(O)c(O)c3)nc2n1. The maximum atomic E-state index is 9.49. The minimum Gasteiger partial charge on any atom is -0.504 e. The van der Waals surface area contributed by atoms with Crippen molar-refractivity contribution in [2.45, 2.75) is 12.5 Å². The zero-order valence-electron chi connectivity index (χ0n) is 11.1. The van der Waals surface area contributed by atoms with Crippen LogP contribution in [0.3, 0.4) is 0 Å². The van der Waals surface area contributed by atoms with Crippen molar-refractivity contribution >= 4 is 17.0 Å². The number of phenolic OH excluding ortho intramolecular Hbond substituents is 2. The third kappa shape index (κ3) is 2.59. The van der Waals surface area contributed by atoms with Gasteiger partial charge in [0, 0.05) is 0 Å². The lowest BCUT2D eigenvalue weighted by molar-refractivity contribution is 0.403. The van der Waals surface area contributed by atoms with Gasteiger partial charge in [0.2, 0.25) is 0 Å². The number of aromatic nitrogens is 3. The highest BCUT2D eigenvalue weighted by Gasteiger charge is 2.14. The van der Waals surface area contributed by atoms with Crippen LogP contribution in [0, 0.1) is 0 Å². The summed E-state index contributed by atoms with van der Waals surface area (Å²) < 4.78 is 0. The fourth-order valence-corrected chi connectivity index (χ4v) is 2.15. The number of anilines is 1. The fraction of sp³-hybridized carbons (Fsp3) is 0.143. The zero-order valence-corrected chi connectivity index (χ0v) is 11.1. The Hall–Kier alpha value is -2.80. The summed E-state index contributed by atoms with van der Waals surface area (Å²) in [6.07, 6.45) is 0.461. The van der Waals surface area contributed by atoms with Crippen molar-refractivity contribution in [2.24, 2.45) is 5.73 Å². The predicted octanol–water partition coefficient (Wildman–Crippen LogP) is 1.19. The maximum absolute atomic E-state index is 9.49. The average molecular weight is 285 g/mol. The second-order valence-electron chi connectivity index (χ2n) is 4.86. The van der Waals surface area contributed by atoms with Gasteiger partial charge in [-0.1, -0.05) is 6.07 Å². The minimum atomic E-state index is -0.385. The number of fused-ring (bicyclic) bond motifs is 1. The molecule has 7 heteroatoms. The lowest BCUT2D eigenvalue weighted by Crippen LogP contribution is -2.14. The van der Waals surface area contributed by atoms with Gasteiger partial charge in [-0.05, 0) is 36.2 Å². The van der Waals surface area contributed by atoms with Crippen molar-refractivity contribution in [2.75, 3.05) is 5.73 Å². The molecule has 1 atom stereocenters. The summed E-state index contributed by atoms with van der Waals surface area (Å²) in [4.78, 5) is 11.5. The molecule has 108 valence electrons. The number of H-pyrrole nitrogens is 1. The molecule has 0 bridgehead atoms. The Balaban J connectivity index is 1.85. The number of phenols is 2. The Morgan fingerprint density at radius 1 is 1.10 bits per heavy atom. The molecule has 0 fully saturated rings. The zero-order chi connectivity index (χ0) is 15.0. The molecule has 0 aliphatic rings. The van der Waals surface area contributed by atoms with E-state index in [-0.39, 0.29) is 17.5 Å². The van der Waals surface area contributed by atoms with E-state index in [4.69, 9.17) is 11.5 Å². The van der Waals surface area contributed by atoms with Crippen LogP contribution in [0.15, 0.2) is 30.3 Å². The molecular weight excluding hydrogens is 270 g/mol. The van der Waals surface area contributed by atoms with Gasteiger partial charge in [0.1, 0.15) is 11.6 Å². The Morgan fingerprint density at radius 2 is 1.90 bits per heavy atom. The molecule has 1 unspecified atom stereocenters. The second kappa shape index (κ2) is 4.95. The van der Waals surface area contributed by atoms with E-state index < -0.39 is 0 Å². The van der Waals surface area contributed by atoms with E-state index in [1.807, 2.05) is 0 Å². The molecule has 0 aliphatic carbocycles. The lowest BCUT2D eigenvalue weighted by atomic mass is 10.1. The Labute approximate surface area is 120 Å². The standard InChI is InChI=1S/C14H15N5O2/c15-8(5-7-1-3-10(20)11(21)6-7)13-17-9-2-4-12(16)18-14(9)19-13/h1-4,6,8,20-21H,5,15H2,(H3,16,17,18,19). The van der Waals surface area contributed by atoms with Gasteiger partial charge in [-0.15, -0.1) is 0 Å². The molecule has 3 rings (SSSR count). The van der Waals surface area contributed by atoms with Crippen LogP contribution in [0.2, 0.25) is 0 Å². The van der Waals surface area contributed by atoms with Gasteiger partial charge < -0.3 is 26.7 Å². The van der Waals surface area contributed by atoms with E-state index in [0.29, 0.717) is 23.7 Å². The van der Waals surface area contributed by atoms with Crippen LogP contribution in [-0.2, 0) is 6.42 Å². The van der Waals surface area contributed by atoms with Crippen LogP contribution in [0.5, 0.6) is 11.5 Å². The maximum Gasteiger partial charge on any atom is 0.179 e. The van der Waals surface area contributed by atoms with E-state index >= 15 is 0 Å². The Bertz CT molecular complexity index is 799. The van der Waals surface area contributed by atoms with Gasteiger partial charge in [0.15, 0.2) is 17.1 Å². The van der Waals surface area contributed by atoms with Crippen molar-refractivity contribution in [3.63, 3.8) is 0 Å². The van der Waals surface area contributed by atoms with E-state index in [1.165, 1.54) is 12.1 Å². The first-order valence-corrected chi connectivity index (χ1v) is 6.41. The normalized spacial score (nSPS) is 12.6. The molecule has 0 radical (unpaired) electrons. The number of hydrogen-bond acceptors (Lipinski definition) is 6. The van der Waals surface area contributed by atoms with Crippen LogP contribution in [0.25, 0.3) is 11.2 Å². The number of nitrogens with zero attached hydrogens (tertiary/aromatic N) is 2. The van der Waals surface area contributed by atoms with Crippen molar-refractivity contribution in [1.82, 2.24) is 15.0 Å². The highest BCUT2D eigenvalue weighted by molar-refractivity contribution is 5.72. The summed E-state index contributed by atoms with van der Waals surface area (Å²) in [6.45, 7) is 0. The summed E-state index contributed by atoms with van der Waals surface area (Å²) in [7, 11) is 0.